The van der Waals surface area contributed by atoms with Crippen LogP contribution in [0.2, 0.25) is 0 Å². The quantitative estimate of drug-likeness (QED) is 0.760. The first kappa shape index (κ1) is 13.5. The third kappa shape index (κ3) is 3.76. The number of Topliss-reactive ketones (excluding diaryl/α,β-unsaturated/α-hetero) is 1. The van der Waals surface area contributed by atoms with E-state index in [0.29, 0.717) is 0 Å². The lowest BCUT2D eigenvalue weighted by atomic mass is 10.0. The zero-order chi connectivity index (χ0) is 13.7. The van der Waals surface area contributed by atoms with Gasteiger partial charge in [-0.1, -0.05) is 54.6 Å². The summed E-state index contributed by atoms with van der Waals surface area (Å²) in [4.78, 5) is 13.8. The molecular formula is C17H19NO. The summed E-state index contributed by atoms with van der Waals surface area (Å²) in [5.41, 5.74) is 3.20. The van der Waals surface area contributed by atoms with Gasteiger partial charge in [0.05, 0.1) is 0 Å². The summed E-state index contributed by atoms with van der Waals surface area (Å²) in [7, 11) is 2.07. The Morgan fingerprint density at radius 1 is 0.947 bits per heavy atom. The lowest BCUT2D eigenvalue weighted by molar-refractivity contribution is 0.101. The molecule has 0 atom stereocenters. The molecular weight excluding hydrogens is 234 g/mol. The molecule has 0 aliphatic carbocycles. The third-order valence-corrected chi connectivity index (χ3v) is 3.13. The monoisotopic (exact) mass is 253 g/mol. The predicted molar refractivity (Wildman–Crippen MR) is 78.1 cm³/mol. The molecule has 0 radical (unpaired) electrons. The van der Waals surface area contributed by atoms with E-state index in [1.165, 1.54) is 5.56 Å². The molecule has 0 amide bonds. The largest absolute Gasteiger partial charge is 0.298 e. The molecule has 0 bridgehead atoms. The van der Waals surface area contributed by atoms with Crippen LogP contribution in [0, 0.1) is 0 Å². The van der Waals surface area contributed by atoms with Crippen LogP contribution in [0.15, 0.2) is 54.6 Å². The van der Waals surface area contributed by atoms with Crippen molar-refractivity contribution in [2.75, 3.05) is 7.05 Å². The fourth-order valence-corrected chi connectivity index (χ4v) is 2.24. The first-order valence-corrected chi connectivity index (χ1v) is 6.48. The van der Waals surface area contributed by atoms with Crippen LogP contribution in [0.1, 0.15) is 28.4 Å². The highest BCUT2D eigenvalue weighted by molar-refractivity contribution is 5.95. The van der Waals surface area contributed by atoms with E-state index in [4.69, 9.17) is 0 Å². The molecule has 19 heavy (non-hydrogen) atoms. The number of carbonyl (C=O) groups excluding carboxylic acids is 1. The summed E-state index contributed by atoms with van der Waals surface area (Å²) >= 11 is 0. The summed E-state index contributed by atoms with van der Waals surface area (Å²) in [5.74, 6) is 0.128. The minimum atomic E-state index is 0.128. The van der Waals surface area contributed by atoms with Crippen LogP contribution >= 0.6 is 0 Å². The number of ketones is 1. The smallest absolute Gasteiger partial charge is 0.160 e. The van der Waals surface area contributed by atoms with Crippen LogP contribution in [0.25, 0.3) is 0 Å². The maximum atomic E-state index is 11.6. The van der Waals surface area contributed by atoms with Gasteiger partial charge in [-0.05, 0) is 25.1 Å². The van der Waals surface area contributed by atoms with E-state index in [-0.39, 0.29) is 5.78 Å². The molecule has 0 saturated heterocycles. The maximum absolute atomic E-state index is 11.6. The van der Waals surface area contributed by atoms with Crippen molar-refractivity contribution in [1.82, 2.24) is 4.90 Å². The second-order valence-electron chi connectivity index (χ2n) is 4.87. The molecule has 0 spiro atoms. The standard InChI is InChI=1S/C17H19NO/c1-14(19)17-11-7-6-10-16(17)13-18(2)12-15-8-4-3-5-9-15/h3-11H,12-13H2,1-2H3. The van der Waals surface area contributed by atoms with Crippen LogP contribution in [-0.2, 0) is 13.1 Å². The topological polar surface area (TPSA) is 20.3 Å². The molecule has 0 aromatic heterocycles. The van der Waals surface area contributed by atoms with Crippen molar-refractivity contribution in [2.24, 2.45) is 0 Å². The first-order valence-electron chi connectivity index (χ1n) is 6.48. The average Bonchev–Trinajstić information content (AvgIpc) is 2.40. The van der Waals surface area contributed by atoms with Gasteiger partial charge in [0.2, 0.25) is 0 Å². The van der Waals surface area contributed by atoms with Crippen LogP contribution in [0.3, 0.4) is 0 Å². The second-order valence-corrected chi connectivity index (χ2v) is 4.87. The summed E-state index contributed by atoms with van der Waals surface area (Å²) in [5, 5.41) is 0. The second kappa shape index (κ2) is 6.30. The fraction of sp³-hybridized carbons (Fsp3) is 0.235. The maximum Gasteiger partial charge on any atom is 0.160 e. The number of carbonyl (C=O) groups is 1. The minimum Gasteiger partial charge on any atom is -0.298 e. The Morgan fingerprint density at radius 3 is 2.26 bits per heavy atom. The molecule has 0 N–H and O–H groups in total. The van der Waals surface area contributed by atoms with Gasteiger partial charge in [0.15, 0.2) is 5.78 Å². The first-order chi connectivity index (χ1) is 9.16. The van der Waals surface area contributed by atoms with Gasteiger partial charge < -0.3 is 0 Å². The lowest BCUT2D eigenvalue weighted by Gasteiger charge is -2.18. The molecule has 2 aromatic rings. The average molecular weight is 253 g/mol. The van der Waals surface area contributed by atoms with E-state index < -0.39 is 0 Å². The van der Waals surface area contributed by atoms with E-state index in [1.54, 1.807) is 6.92 Å². The van der Waals surface area contributed by atoms with Crippen molar-refractivity contribution in [1.29, 1.82) is 0 Å². The van der Waals surface area contributed by atoms with Crippen LogP contribution in [0.4, 0.5) is 0 Å². The molecule has 2 nitrogen and oxygen atoms in total. The van der Waals surface area contributed by atoms with Gasteiger partial charge in [0.1, 0.15) is 0 Å². The van der Waals surface area contributed by atoms with E-state index >= 15 is 0 Å². The van der Waals surface area contributed by atoms with Crippen molar-refractivity contribution < 1.29 is 4.79 Å². The molecule has 0 heterocycles. The zero-order valence-electron chi connectivity index (χ0n) is 11.5. The Bertz CT molecular complexity index is 548. The third-order valence-electron chi connectivity index (χ3n) is 3.13. The number of benzene rings is 2. The highest BCUT2D eigenvalue weighted by Crippen LogP contribution is 2.13. The predicted octanol–water partition coefficient (Wildman–Crippen LogP) is 3.52. The SMILES string of the molecule is CC(=O)c1ccccc1CN(C)Cc1ccccc1. The van der Waals surface area contributed by atoms with Crippen molar-refractivity contribution in [3.8, 4) is 0 Å². The van der Waals surface area contributed by atoms with E-state index in [9.17, 15) is 4.79 Å². The Hall–Kier alpha value is -1.93. The Balaban J connectivity index is 2.07. The Labute approximate surface area is 114 Å². The van der Waals surface area contributed by atoms with Crippen molar-refractivity contribution >= 4 is 5.78 Å². The van der Waals surface area contributed by atoms with Gasteiger partial charge in [-0.25, -0.2) is 0 Å². The van der Waals surface area contributed by atoms with Gasteiger partial charge >= 0.3 is 0 Å². The number of nitrogens with zero attached hydrogens (tertiary/aromatic N) is 1. The summed E-state index contributed by atoms with van der Waals surface area (Å²) in [6.07, 6.45) is 0. The molecule has 2 heteroatoms. The normalized spacial score (nSPS) is 10.7. The fourth-order valence-electron chi connectivity index (χ4n) is 2.24. The number of rotatable bonds is 5. The Kier molecular flexibility index (Phi) is 4.48. The van der Waals surface area contributed by atoms with Gasteiger partial charge in [0.25, 0.3) is 0 Å². The van der Waals surface area contributed by atoms with Gasteiger partial charge in [-0.3, -0.25) is 9.69 Å². The summed E-state index contributed by atoms with van der Waals surface area (Å²) in [6.45, 7) is 3.29. The van der Waals surface area contributed by atoms with Crippen LogP contribution in [-0.4, -0.2) is 17.7 Å². The highest BCUT2D eigenvalue weighted by atomic mass is 16.1. The summed E-state index contributed by atoms with van der Waals surface area (Å²) in [6, 6.07) is 18.2. The van der Waals surface area contributed by atoms with E-state index in [1.807, 2.05) is 42.5 Å². The molecule has 98 valence electrons. The number of hydrogen-bond acceptors (Lipinski definition) is 2. The zero-order valence-corrected chi connectivity index (χ0v) is 11.5. The van der Waals surface area contributed by atoms with Gasteiger partial charge in [-0.15, -0.1) is 0 Å². The van der Waals surface area contributed by atoms with Gasteiger partial charge in [-0.2, -0.15) is 0 Å². The number of hydrogen-bond donors (Lipinski definition) is 0. The van der Waals surface area contributed by atoms with E-state index in [0.717, 1.165) is 24.2 Å². The molecule has 0 unspecified atom stereocenters. The highest BCUT2D eigenvalue weighted by Gasteiger charge is 2.08. The van der Waals surface area contributed by atoms with Crippen molar-refractivity contribution in [3.63, 3.8) is 0 Å². The molecule has 0 fully saturated rings. The van der Waals surface area contributed by atoms with Crippen LogP contribution in [0.5, 0.6) is 0 Å². The van der Waals surface area contributed by atoms with Crippen molar-refractivity contribution in [3.05, 3.63) is 71.3 Å². The summed E-state index contributed by atoms with van der Waals surface area (Å²) < 4.78 is 0. The lowest BCUT2D eigenvalue weighted by Crippen LogP contribution is -2.18. The molecule has 0 aliphatic heterocycles. The Morgan fingerprint density at radius 2 is 1.58 bits per heavy atom. The molecule has 0 aliphatic rings. The minimum absolute atomic E-state index is 0.128. The molecule has 2 rings (SSSR count). The van der Waals surface area contributed by atoms with E-state index in [2.05, 4.69) is 24.1 Å². The van der Waals surface area contributed by atoms with Gasteiger partial charge in [0, 0.05) is 18.7 Å². The molecule has 0 saturated carbocycles. The van der Waals surface area contributed by atoms with Crippen molar-refractivity contribution in [2.45, 2.75) is 20.0 Å². The molecule has 2 aromatic carbocycles. The van der Waals surface area contributed by atoms with Crippen LogP contribution < -0.4 is 0 Å².